The predicted octanol–water partition coefficient (Wildman–Crippen LogP) is 3.65. The molecule has 6 heteroatoms. The molecule has 2 aromatic rings. The average Bonchev–Trinajstić information content (AvgIpc) is 2.95. The highest BCUT2D eigenvalue weighted by Gasteiger charge is 2.09. The molecule has 0 spiro atoms. The zero-order valence-electron chi connectivity index (χ0n) is 10.7. The molecule has 0 aliphatic heterocycles. The lowest BCUT2D eigenvalue weighted by atomic mass is 10.1. The van der Waals surface area contributed by atoms with Crippen molar-refractivity contribution in [3.8, 4) is 0 Å². The number of benzene rings is 1. The van der Waals surface area contributed by atoms with E-state index in [0.29, 0.717) is 23.7 Å². The summed E-state index contributed by atoms with van der Waals surface area (Å²) in [5, 5.41) is 19.5. The number of rotatable bonds is 5. The number of nitrogens with one attached hydrogen (secondary N) is 2. The summed E-state index contributed by atoms with van der Waals surface area (Å²) in [4.78, 5) is 11.7. The van der Waals surface area contributed by atoms with Gasteiger partial charge in [0.05, 0.1) is 16.8 Å². The average molecular weight is 311 g/mol. The van der Waals surface area contributed by atoms with Crippen molar-refractivity contribution in [1.29, 1.82) is 0 Å². The minimum atomic E-state index is -0.554. The van der Waals surface area contributed by atoms with Crippen LogP contribution in [-0.2, 0) is 0 Å². The van der Waals surface area contributed by atoms with Gasteiger partial charge in [0.2, 0.25) is 0 Å². The highest BCUT2D eigenvalue weighted by molar-refractivity contribution is 7.07. The Morgan fingerprint density at radius 2 is 2.15 bits per heavy atom. The van der Waals surface area contributed by atoms with Crippen molar-refractivity contribution in [3.05, 3.63) is 51.7 Å². The number of thiophene rings is 1. The Kier molecular flexibility index (Phi) is 5.40. The number of amides is 2. The fourth-order valence-corrected chi connectivity index (χ4v) is 2.57. The molecule has 0 saturated carbocycles. The summed E-state index contributed by atoms with van der Waals surface area (Å²) in [6.07, 6.45) is -0.0889. The molecule has 2 rings (SSSR count). The van der Waals surface area contributed by atoms with Gasteiger partial charge in [0.1, 0.15) is 0 Å². The van der Waals surface area contributed by atoms with Crippen LogP contribution in [0.2, 0.25) is 5.02 Å². The molecule has 0 aliphatic rings. The van der Waals surface area contributed by atoms with E-state index in [1.54, 1.807) is 24.3 Å². The zero-order valence-corrected chi connectivity index (χ0v) is 12.2. The van der Waals surface area contributed by atoms with Crippen molar-refractivity contribution in [2.45, 2.75) is 12.5 Å². The molecule has 4 nitrogen and oxygen atoms in total. The number of carbonyl (C=O) groups excluding carboxylic acids is 1. The highest BCUT2D eigenvalue weighted by atomic mass is 35.5. The van der Waals surface area contributed by atoms with Crippen molar-refractivity contribution >= 4 is 34.7 Å². The molecule has 0 radical (unpaired) electrons. The molecule has 1 aromatic carbocycles. The van der Waals surface area contributed by atoms with Crippen LogP contribution < -0.4 is 10.6 Å². The lowest BCUT2D eigenvalue weighted by Gasteiger charge is -2.11. The van der Waals surface area contributed by atoms with Crippen LogP contribution in [0.15, 0.2) is 41.1 Å². The van der Waals surface area contributed by atoms with Crippen molar-refractivity contribution < 1.29 is 9.90 Å². The maximum atomic E-state index is 11.7. The van der Waals surface area contributed by atoms with Crippen LogP contribution >= 0.6 is 22.9 Å². The van der Waals surface area contributed by atoms with E-state index in [9.17, 15) is 9.90 Å². The van der Waals surface area contributed by atoms with E-state index < -0.39 is 6.10 Å². The van der Waals surface area contributed by atoms with E-state index in [-0.39, 0.29) is 6.03 Å². The van der Waals surface area contributed by atoms with Crippen LogP contribution in [0.1, 0.15) is 18.1 Å². The molecule has 1 aromatic heterocycles. The number of hydrogen-bond donors (Lipinski definition) is 3. The van der Waals surface area contributed by atoms with Crippen LogP contribution in [0.4, 0.5) is 10.5 Å². The normalized spacial score (nSPS) is 11.9. The van der Waals surface area contributed by atoms with E-state index in [0.717, 1.165) is 5.56 Å². The first-order chi connectivity index (χ1) is 9.66. The van der Waals surface area contributed by atoms with Gasteiger partial charge in [-0.3, -0.25) is 0 Å². The monoisotopic (exact) mass is 310 g/mol. The van der Waals surface area contributed by atoms with Gasteiger partial charge >= 0.3 is 6.03 Å². The first-order valence-corrected chi connectivity index (χ1v) is 7.48. The van der Waals surface area contributed by atoms with Crippen LogP contribution in [-0.4, -0.2) is 17.7 Å². The van der Waals surface area contributed by atoms with E-state index in [1.165, 1.54) is 11.3 Å². The zero-order chi connectivity index (χ0) is 14.4. The quantitative estimate of drug-likeness (QED) is 0.789. The number of urea groups is 1. The molecule has 0 fully saturated rings. The van der Waals surface area contributed by atoms with Gasteiger partial charge in [0, 0.05) is 6.54 Å². The molecule has 0 aliphatic carbocycles. The molecule has 106 valence electrons. The maximum absolute atomic E-state index is 11.7. The molecule has 0 bridgehead atoms. The molecular weight excluding hydrogens is 296 g/mol. The molecule has 2 amide bonds. The van der Waals surface area contributed by atoms with Gasteiger partial charge < -0.3 is 15.7 Å². The van der Waals surface area contributed by atoms with Gasteiger partial charge in [0.25, 0.3) is 0 Å². The predicted molar refractivity (Wildman–Crippen MR) is 82.4 cm³/mol. The number of halogens is 1. The Morgan fingerprint density at radius 3 is 2.85 bits per heavy atom. The van der Waals surface area contributed by atoms with Gasteiger partial charge in [-0.15, -0.1) is 0 Å². The molecular formula is C14H15ClN2O2S. The lowest BCUT2D eigenvalue weighted by molar-refractivity contribution is 0.168. The number of carbonyl (C=O) groups is 1. The summed E-state index contributed by atoms with van der Waals surface area (Å²) in [7, 11) is 0. The number of para-hydroxylation sites is 1. The minimum absolute atomic E-state index is 0.337. The maximum Gasteiger partial charge on any atom is 0.319 e. The first kappa shape index (κ1) is 14.8. The van der Waals surface area contributed by atoms with Crippen LogP contribution in [0.25, 0.3) is 0 Å². The van der Waals surface area contributed by atoms with Crippen LogP contribution in [0, 0.1) is 0 Å². The van der Waals surface area contributed by atoms with Crippen molar-refractivity contribution in [1.82, 2.24) is 5.32 Å². The third-order valence-electron chi connectivity index (χ3n) is 2.75. The van der Waals surface area contributed by atoms with Gasteiger partial charge in [-0.2, -0.15) is 11.3 Å². The third kappa shape index (κ3) is 4.23. The van der Waals surface area contributed by atoms with Gasteiger partial charge in [-0.25, -0.2) is 4.79 Å². The summed E-state index contributed by atoms with van der Waals surface area (Å²) in [6.45, 7) is 0.382. The molecule has 1 heterocycles. The second-order valence-electron chi connectivity index (χ2n) is 4.22. The molecule has 1 atom stereocenters. The van der Waals surface area contributed by atoms with Crippen molar-refractivity contribution in [3.63, 3.8) is 0 Å². The number of aliphatic hydroxyl groups is 1. The van der Waals surface area contributed by atoms with Gasteiger partial charge in [0.15, 0.2) is 0 Å². The molecule has 20 heavy (non-hydrogen) atoms. The Labute approximate surface area is 126 Å². The summed E-state index contributed by atoms with van der Waals surface area (Å²) < 4.78 is 0. The second kappa shape index (κ2) is 7.28. The van der Waals surface area contributed by atoms with Crippen molar-refractivity contribution in [2.75, 3.05) is 11.9 Å². The SMILES string of the molecule is O=C(NCC[C@H](O)c1ccsc1)Nc1ccccc1Cl. The van der Waals surface area contributed by atoms with E-state index in [4.69, 9.17) is 11.6 Å². The van der Waals surface area contributed by atoms with E-state index in [1.807, 2.05) is 16.8 Å². The van der Waals surface area contributed by atoms with Gasteiger partial charge in [-0.1, -0.05) is 23.7 Å². The number of hydrogen-bond acceptors (Lipinski definition) is 3. The fraction of sp³-hybridized carbons (Fsp3) is 0.214. The summed E-state index contributed by atoms with van der Waals surface area (Å²) in [5.74, 6) is 0. The second-order valence-corrected chi connectivity index (χ2v) is 5.41. The minimum Gasteiger partial charge on any atom is -0.388 e. The standard InChI is InChI=1S/C14H15ClN2O2S/c15-11-3-1-2-4-12(11)17-14(19)16-7-5-13(18)10-6-8-20-9-10/h1-4,6,8-9,13,18H,5,7H2,(H2,16,17,19)/t13-/m0/s1. The lowest BCUT2D eigenvalue weighted by Crippen LogP contribution is -2.30. The topological polar surface area (TPSA) is 61.4 Å². The Balaban J connectivity index is 1.74. The fourth-order valence-electron chi connectivity index (χ4n) is 1.68. The molecule has 0 unspecified atom stereocenters. The Bertz CT molecular complexity index is 560. The molecule has 0 saturated heterocycles. The van der Waals surface area contributed by atoms with Gasteiger partial charge in [-0.05, 0) is 40.9 Å². The van der Waals surface area contributed by atoms with E-state index in [2.05, 4.69) is 10.6 Å². The molecule has 3 N–H and O–H groups in total. The first-order valence-electron chi connectivity index (χ1n) is 6.16. The van der Waals surface area contributed by atoms with E-state index >= 15 is 0 Å². The summed E-state index contributed by atoms with van der Waals surface area (Å²) in [6, 6.07) is 8.55. The number of aliphatic hydroxyl groups excluding tert-OH is 1. The smallest absolute Gasteiger partial charge is 0.319 e. The largest absolute Gasteiger partial charge is 0.388 e. The van der Waals surface area contributed by atoms with Crippen molar-refractivity contribution in [2.24, 2.45) is 0 Å². The van der Waals surface area contributed by atoms with Crippen LogP contribution in [0.5, 0.6) is 0 Å². The summed E-state index contributed by atoms with van der Waals surface area (Å²) in [5.41, 5.74) is 1.44. The third-order valence-corrected chi connectivity index (χ3v) is 3.78. The Morgan fingerprint density at radius 1 is 1.35 bits per heavy atom. The highest BCUT2D eigenvalue weighted by Crippen LogP contribution is 2.20. The summed E-state index contributed by atoms with van der Waals surface area (Å²) >= 11 is 7.48. The van der Waals surface area contributed by atoms with Crippen LogP contribution in [0.3, 0.4) is 0 Å². The number of anilines is 1. The Hall–Kier alpha value is -1.56.